The number of fused-ring (bicyclic) bond motifs is 5. The highest BCUT2D eigenvalue weighted by molar-refractivity contribution is 5.99. The molecule has 1 aliphatic carbocycles. The molecule has 4 heteroatoms. The van der Waals surface area contributed by atoms with Gasteiger partial charge in [0.1, 0.15) is 0 Å². The molecule has 27 heavy (non-hydrogen) atoms. The molecule has 3 aromatic rings. The Hall–Kier alpha value is -2.59. The molecule has 1 N–H and O–H groups in total. The van der Waals surface area contributed by atoms with Crippen molar-refractivity contribution < 1.29 is 14.6 Å². The van der Waals surface area contributed by atoms with Gasteiger partial charge in [0.15, 0.2) is 6.23 Å². The summed E-state index contributed by atoms with van der Waals surface area (Å²) < 4.78 is 8.11. The number of hydrogen-bond donors (Lipinski definition) is 1. The second-order valence-electron chi connectivity index (χ2n) is 7.68. The van der Waals surface area contributed by atoms with E-state index in [1.165, 1.54) is 54.3 Å². The van der Waals surface area contributed by atoms with Crippen LogP contribution < -0.4 is 0 Å². The third-order valence-electron chi connectivity index (χ3n) is 6.24. The minimum Gasteiger partial charge on any atom is -0.478 e. The number of methoxy groups -OCH3 is 1. The molecule has 1 unspecified atom stereocenters. The van der Waals surface area contributed by atoms with E-state index in [0.29, 0.717) is 11.5 Å². The van der Waals surface area contributed by atoms with Crippen molar-refractivity contribution in [3.05, 3.63) is 59.2 Å². The molecule has 1 saturated carbocycles. The van der Waals surface area contributed by atoms with Crippen molar-refractivity contribution in [1.82, 2.24) is 4.57 Å². The molecular formula is C23H23NO3. The SMILES string of the molecule is COC1c2ccccc2-c2c(C3CCCCC3)c3ccc(C(=O)O)cc3n21. The quantitative estimate of drug-likeness (QED) is 0.664. The van der Waals surface area contributed by atoms with Crippen molar-refractivity contribution >= 4 is 16.9 Å². The van der Waals surface area contributed by atoms with Crippen molar-refractivity contribution in [3.63, 3.8) is 0 Å². The van der Waals surface area contributed by atoms with Crippen LogP contribution in [0.4, 0.5) is 0 Å². The summed E-state index contributed by atoms with van der Waals surface area (Å²) in [6, 6.07) is 14.0. The third-order valence-corrected chi connectivity index (χ3v) is 6.24. The van der Waals surface area contributed by atoms with Crippen LogP contribution in [0.2, 0.25) is 0 Å². The molecule has 1 aliphatic heterocycles. The highest BCUT2D eigenvalue weighted by atomic mass is 16.5. The van der Waals surface area contributed by atoms with Crippen LogP contribution in [0.5, 0.6) is 0 Å². The van der Waals surface area contributed by atoms with Gasteiger partial charge in [-0.15, -0.1) is 0 Å². The number of ether oxygens (including phenoxy) is 1. The highest BCUT2D eigenvalue weighted by Crippen LogP contribution is 2.51. The molecule has 1 aromatic heterocycles. The second-order valence-corrected chi connectivity index (χ2v) is 7.68. The van der Waals surface area contributed by atoms with Crippen LogP contribution in [-0.4, -0.2) is 22.8 Å². The van der Waals surface area contributed by atoms with Crippen LogP contribution in [0.1, 0.15) is 65.7 Å². The zero-order valence-electron chi connectivity index (χ0n) is 15.4. The fraction of sp³-hybridized carbons (Fsp3) is 0.348. The molecule has 5 rings (SSSR count). The molecule has 2 heterocycles. The number of nitrogens with zero attached hydrogens (tertiary/aromatic N) is 1. The molecule has 4 nitrogen and oxygen atoms in total. The van der Waals surface area contributed by atoms with Gasteiger partial charge in [-0.05, 0) is 36.5 Å². The van der Waals surface area contributed by atoms with Gasteiger partial charge < -0.3 is 14.4 Å². The number of rotatable bonds is 3. The Morgan fingerprint density at radius 3 is 2.63 bits per heavy atom. The van der Waals surface area contributed by atoms with Crippen LogP contribution in [0.25, 0.3) is 22.2 Å². The number of carboxylic acid groups (broad SMARTS) is 1. The number of hydrogen-bond acceptors (Lipinski definition) is 2. The Kier molecular flexibility index (Phi) is 3.83. The Morgan fingerprint density at radius 1 is 1.11 bits per heavy atom. The van der Waals surface area contributed by atoms with Crippen LogP contribution in [-0.2, 0) is 4.74 Å². The number of aromatic carboxylic acids is 1. The van der Waals surface area contributed by atoms with Gasteiger partial charge in [-0.1, -0.05) is 49.6 Å². The first-order valence-corrected chi connectivity index (χ1v) is 9.74. The summed E-state index contributed by atoms with van der Waals surface area (Å²) in [5, 5.41) is 10.7. The van der Waals surface area contributed by atoms with E-state index < -0.39 is 5.97 Å². The molecule has 0 radical (unpaired) electrons. The van der Waals surface area contributed by atoms with Crippen LogP contribution in [0.15, 0.2) is 42.5 Å². The van der Waals surface area contributed by atoms with Crippen LogP contribution in [0, 0.1) is 0 Å². The van der Waals surface area contributed by atoms with Gasteiger partial charge >= 0.3 is 5.97 Å². The topological polar surface area (TPSA) is 51.5 Å². The number of carbonyl (C=O) groups is 1. The fourth-order valence-electron chi connectivity index (χ4n) is 5.09. The average Bonchev–Trinajstić information content (AvgIpc) is 3.20. The fourth-order valence-corrected chi connectivity index (χ4v) is 5.09. The smallest absolute Gasteiger partial charge is 0.335 e. The monoisotopic (exact) mass is 361 g/mol. The summed E-state index contributed by atoms with van der Waals surface area (Å²) in [4.78, 5) is 11.6. The van der Waals surface area contributed by atoms with Gasteiger partial charge in [-0.25, -0.2) is 4.79 Å². The van der Waals surface area contributed by atoms with Crippen LogP contribution in [0.3, 0.4) is 0 Å². The van der Waals surface area contributed by atoms with Gasteiger partial charge in [0.25, 0.3) is 0 Å². The predicted molar refractivity (Wildman–Crippen MR) is 105 cm³/mol. The van der Waals surface area contributed by atoms with Crippen molar-refractivity contribution in [2.45, 2.75) is 44.2 Å². The summed E-state index contributed by atoms with van der Waals surface area (Å²) in [6.45, 7) is 0. The van der Waals surface area contributed by atoms with E-state index in [9.17, 15) is 9.90 Å². The first-order chi connectivity index (χ1) is 13.2. The molecule has 0 spiro atoms. The summed E-state index contributed by atoms with van der Waals surface area (Å²) >= 11 is 0. The number of carboxylic acids is 1. The zero-order chi connectivity index (χ0) is 18.5. The lowest BCUT2D eigenvalue weighted by atomic mass is 9.81. The summed E-state index contributed by atoms with van der Waals surface area (Å²) in [7, 11) is 1.73. The van der Waals surface area contributed by atoms with Gasteiger partial charge in [-0.2, -0.15) is 0 Å². The van der Waals surface area contributed by atoms with Crippen molar-refractivity contribution in [2.75, 3.05) is 7.11 Å². The summed E-state index contributed by atoms with van der Waals surface area (Å²) in [5.41, 5.74) is 6.28. The maximum absolute atomic E-state index is 11.6. The van der Waals surface area contributed by atoms with Gasteiger partial charge in [0, 0.05) is 23.6 Å². The van der Waals surface area contributed by atoms with E-state index in [1.807, 2.05) is 18.2 Å². The Balaban J connectivity index is 1.85. The molecule has 1 atom stereocenters. The van der Waals surface area contributed by atoms with E-state index in [2.05, 4.69) is 22.8 Å². The Bertz CT molecular complexity index is 1040. The lowest BCUT2D eigenvalue weighted by Crippen LogP contribution is -2.08. The Labute approximate surface area is 158 Å². The molecule has 1 fully saturated rings. The average molecular weight is 361 g/mol. The lowest BCUT2D eigenvalue weighted by Gasteiger charge is -2.23. The highest BCUT2D eigenvalue weighted by Gasteiger charge is 2.36. The van der Waals surface area contributed by atoms with Crippen molar-refractivity contribution in [2.24, 2.45) is 0 Å². The maximum atomic E-state index is 11.6. The van der Waals surface area contributed by atoms with E-state index in [4.69, 9.17) is 4.74 Å². The number of benzene rings is 2. The molecule has 2 aromatic carbocycles. The second kappa shape index (κ2) is 6.24. The molecule has 2 aliphatic rings. The van der Waals surface area contributed by atoms with Gasteiger partial charge in [0.2, 0.25) is 0 Å². The largest absolute Gasteiger partial charge is 0.478 e. The number of aromatic nitrogens is 1. The predicted octanol–water partition coefficient (Wildman–Crippen LogP) is 5.56. The van der Waals surface area contributed by atoms with Gasteiger partial charge in [-0.3, -0.25) is 0 Å². The summed E-state index contributed by atoms with van der Waals surface area (Å²) in [6.07, 6.45) is 6.03. The minimum absolute atomic E-state index is 0.208. The summed E-state index contributed by atoms with van der Waals surface area (Å²) in [5.74, 6) is -0.368. The van der Waals surface area contributed by atoms with E-state index in [1.54, 1.807) is 13.2 Å². The molecule has 0 saturated heterocycles. The van der Waals surface area contributed by atoms with E-state index in [0.717, 1.165) is 11.1 Å². The minimum atomic E-state index is -0.892. The van der Waals surface area contributed by atoms with Crippen molar-refractivity contribution in [1.29, 1.82) is 0 Å². The first kappa shape index (κ1) is 16.6. The van der Waals surface area contributed by atoms with Crippen molar-refractivity contribution in [3.8, 4) is 11.3 Å². The van der Waals surface area contributed by atoms with Crippen LogP contribution >= 0.6 is 0 Å². The molecular weight excluding hydrogens is 338 g/mol. The maximum Gasteiger partial charge on any atom is 0.335 e. The first-order valence-electron chi connectivity index (χ1n) is 9.74. The normalized spacial score (nSPS) is 19.2. The Morgan fingerprint density at radius 2 is 1.89 bits per heavy atom. The zero-order valence-corrected chi connectivity index (χ0v) is 15.4. The van der Waals surface area contributed by atoms with E-state index >= 15 is 0 Å². The molecule has 0 bridgehead atoms. The molecule has 0 amide bonds. The lowest BCUT2D eigenvalue weighted by molar-refractivity contribution is 0.0696. The van der Waals surface area contributed by atoms with E-state index in [-0.39, 0.29) is 6.23 Å². The molecule has 138 valence electrons. The van der Waals surface area contributed by atoms with Gasteiger partial charge in [0.05, 0.1) is 16.8 Å². The standard InChI is InChI=1S/C23H23NO3/c1-27-22-17-10-6-5-9-16(17)21-20(14-7-3-2-4-8-14)18-12-11-15(23(25)26)13-19(18)24(21)22/h5-6,9-14,22H,2-4,7-8H2,1H3,(H,25,26). The third kappa shape index (κ3) is 2.36.